The van der Waals surface area contributed by atoms with E-state index < -0.39 is 24.1 Å². The molecule has 1 aliphatic rings. The Balaban J connectivity index is 2.58. The van der Waals surface area contributed by atoms with Gasteiger partial charge in [0.15, 0.2) is 0 Å². The Hall–Kier alpha value is -1.59. The zero-order valence-corrected chi connectivity index (χ0v) is 10.3. The first-order chi connectivity index (χ1) is 7.95. The Bertz CT molecular complexity index is 328. The predicted molar refractivity (Wildman–Crippen MR) is 58.0 cm³/mol. The summed E-state index contributed by atoms with van der Waals surface area (Å²) in [5.74, 6) is -1.06. The molecule has 0 aromatic heterocycles. The molecule has 0 bridgehead atoms. The minimum absolute atomic E-state index is 0.128. The summed E-state index contributed by atoms with van der Waals surface area (Å²) in [6.45, 7) is 5.13. The monoisotopic (exact) mass is 243 g/mol. The SMILES string of the molecule is CCOC(=O)C(C)N1C[C@H](OC(C)=O)CC1=O. The van der Waals surface area contributed by atoms with Crippen LogP contribution >= 0.6 is 0 Å². The number of hydrogen-bond acceptors (Lipinski definition) is 5. The van der Waals surface area contributed by atoms with Gasteiger partial charge in [-0.05, 0) is 13.8 Å². The van der Waals surface area contributed by atoms with Gasteiger partial charge in [-0.15, -0.1) is 0 Å². The van der Waals surface area contributed by atoms with Crippen molar-refractivity contribution in [2.75, 3.05) is 13.2 Å². The molecule has 0 aliphatic carbocycles. The van der Waals surface area contributed by atoms with Crippen LogP contribution in [-0.2, 0) is 23.9 Å². The fourth-order valence-electron chi connectivity index (χ4n) is 1.78. The van der Waals surface area contributed by atoms with Gasteiger partial charge >= 0.3 is 11.9 Å². The summed E-state index contributed by atoms with van der Waals surface area (Å²) in [5, 5.41) is 0. The molecule has 0 saturated carbocycles. The van der Waals surface area contributed by atoms with E-state index in [1.54, 1.807) is 13.8 Å². The van der Waals surface area contributed by atoms with Crippen molar-refractivity contribution >= 4 is 17.8 Å². The normalized spacial score (nSPS) is 21.2. The Labute approximate surface area is 99.9 Å². The van der Waals surface area contributed by atoms with E-state index >= 15 is 0 Å². The summed E-state index contributed by atoms with van der Waals surface area (Å²) in [6, 6.07) is -0.636. The predicted octanol–water partition coefficient (Wildman–Crippen LogP) is 0.102. The molecule has 1 unspecified atom stereocenters. The van der Waals surface area contributed by atoms with Crippen LogP contribution in [0.5, 0.6) is 0 Å². The number of amides is 1. The highest BCUT2D eigenvalue weighted by atomic mass is 16.5. The summed E-state index contributed by atoms with van der Waals surface area (Å²) in [5.41, 5.74) is 0. The first-order valence-corrected chi connectivity index (χ1v) is 5.59. The maximum absolute atomic E-state index is 11.6. The van der Waals surface area contributed by atoms with Crippen molar-refractivity contribution in [3.05, 3.63) is 0 Å². The first kappa shape index (κ1) is 13.5. The molecule has 0 aromatic rings. The van der Waals surface area contributed by atoms with Crippen LogP contribution in [0.25, 0.3) is 0 Å². The molecule has 0 spiro atoms. The molecule has 1 aliphatic heterocycles. The van der Waals surface area contributed by atoms with E-state index in [2.05, 4.69) is 0 Å². The van der Waals surface area contributed by atoms with Gasteiger partial charge in [-0.2, -0.15) is 0 Å². The van der Waals surface area contributed by atoms with Gasteiger partial charge in [-0.1, -0.05) is 0 Å². The maximum atomic E-state index is 11.6. The molecule has 1 amide bonds. The van der Waals surface area contributed by atoms with E-state index in [1.165, 1.54) is 11.8 Å². The number of carbonyl (C=O) groups excluding carboxylic acids is 3. The molecular weight excluding hydrogens is 226 g/mol. The maximum Gasteiger partial charge on any atom is 0.328 e. The smallest absolute Gasteiger partial charge is 0.328 e. The molecule has 0 aromatic carbocycles. The van der Waals surface area contributed by atoms with Gasteiger partial charge in [0.25, 0.3) is 0 Å². The quantitative estimate of drug-likeness (QED) is 0.655. The van der Waals surface area contributed by atoms with Crippen molar-refractivity contribution in [1.29, 1.82) is 0 Å². The number of rotatable bonds is 4. The van der Waals surface area contributed by atoms with Crippen LogP contribution in [0.1, 0.15) is 27.2 Å². The van der Waals surface area contributed by atoms with E-state index in [1.807, 2.05) is 0 Å². The molecule has 0 radical (unpaired) electrons. The van der Waals surface area contributed by atoms with Gasteiger partial charge in [-0.3, -0.25) is 9.59 Å². The van der Waals surface area contributed by atoms with Gasteiger partial charge in [0.05, 0.1) is 19.6 Å². The van der Waals surface area contributed by atoms with Crippen LogP contribution in [0.4, 0.5) is 0 Å². The number of carbonyl (C=O) groups is 3. The average Bonchev–Trinajstić information content (AvgIpc) is 2.57. The van der Waals surface area contributed by atoms with Gasteiger partial charge in [0.2, 0.25) is 5.91 Å². The first-order valence-electron chi connectivity index (χ1n) is 5.59. The number of hydrogen-bond donors (Lipinski definition) is 0. The van der Waals surface area contributed by atoms with Crippen molar-refractivity contribution in [1.82, 2.24) is 4.90 Å². The number of esters is 2. The average molecular weight is 243 g/mol. The van der Waals surface area contributed by atoms with Crippen molar-refractivity contribution in [3.63, 3.8) is 0 Å². The molecule has 6 heteroatoms. The third kappa shape index (κ3) is 3.44. The Morgan fingerprint density at radius 1 is 1.53 bits per heavy atom. The third-order valence-corrected chi connectivity index (χ3v) is 2.55. The highest BCUT2D eigenvalue weighted by Crippen LogP contribution is 2.18. The lowest BCUT2D eigenvalue weighted by molar-refractivity contribution is -0.152. The van der Waals surface area contributed by atoms with Crippen LogP contribution < -0.4 is 0 Å². The van der Waals surface area contributed by atoms with Crippen molar-refractivity contribution < 1.29 is 23.9 Å². The van der Waals surface area contributed by atoms with Crippen LogP contribution in [0.2, 0.25) is 0 Å². The van der Waals surface area contributed by atoms with Gasteiger partial charge < -0.3 is 14.4 Å². The number of ether oxygens (including phenoxy) is 2. The zero-order chi connectivity index (χ0) is 13.0. The van der Waals surface area contributed by atoms with Crippen molar-refractivity contribution in [3.8, 4) is 0 Å². The van der Waals surface area contributed by atoms with Crippen LogP contribution in [0, 0.1) is 0 Å². The van der Waals surface area contributed by atoms with Crippen LogP contribution in [-0.4, -0.2) is 48.0 Å². The van der Waals surface area contributed by atoms with E-state index in [4.69, 9.17) is 9.47 Å². The molecule has 96 valence electrons. The Morgan fingerprint density at radius 2 is 2.18 bits per heavy atom. The lowest BCUT2D eigenvalue weighted by Crippen LogP contribution is -2.41. The number of nitrogens with zero attached hydrogens (tertiary/aromatic N) is 1. The summed E-state index contributed by atoms with van der Waals surface area (Å²) in [4.78, 5) is 35.3. The summed E-state index contributed by atoms with van der Waals surface area (Å²) < 4.78 is 9.79. The second-order valence-corrected chi connectivity index (χ2v) is 3.91. The lowest BCUT2D eigenvalue weighted by atomic mass is 10.3. The molecule has 1 fully saturated rings. The van der Waals surface area contributed by atoms with E-state index in [0.29, 0.717) is 0 Å². The Kier molecular flexibility index (Phi) is 4.48. The van der Waals surface area contributed by atoms with E-state index in [-0.39, 0.29) is 25.5 Å². The van der Waals surface area contributed by atoms with Gasteiger partial charge in [0.1, 0.15) is 12.1 Å². The molecule has 1 saturated heterocycles. The summed E-state index contributed by atoms with van der Waals surface area (Å²) in [6.07, 6.45) is -0.333. The van der Waals surface area contributed by atoms with Crippen LogP contribution in [0.3, 0.4) is 0 Å². The lowest BCUT2D eigenvalue weighted by Gasteiger charge is -2.22. The highest BCUT2D eigenvalue weighted by Gasteiger charge is 2.37. The third-order valence-electron chi connectivity index (χ3n) is 2.55. The molecule has 2 atom stereocenters. The summed E-state index contributed by atoms with van der Waals surface area (Å²) >= 11 is 0. The minimum atomic E-state index is -0.636. The molecular formula is C11H17NO5. The van der Waals surface area contributed by atoms with E-state index in [9.17, 15) is 14.4 Å². The van der Waals surface area contributed by atoms with Crippen molar-refractivity contribution in [2.45, 2.75) is 39.3 Å². The molecule has 6 nitrogen and oxygen atoms in total. The topological polar surface area (TPSA) is 72.9 Å². The second kappa shape index (κ2) is 5.65. The van der Waals surface area contributed by atoms with Gasteiger partial charge in [-0.25, -0.2) is 4.79 Å². The Morgan fingerprint density at radius 3 is 2.71 bits per heavy atom. The molecule has 1 rings (SSSR count). The van der Waals surface area contributed by atoms with Crippen molar-refractivity contribution in [2.24, 2.45) is 0 Å². The molecule has 0 N–H and O–H groups in total. The van der Waals surface area contributed by atoms with Crippen LogP contribution in [0.15, 0.2) is 0 Å². The molecule has 1 heterocycles. The number of likely N-dealkylation sites (tertiary alicyclic amines) is 1. The summed E-state index contributed by atoms with van der Waals surface area (Å²) in [7, 11) is 0. The minimum Gasteiger partial charge on any atom is -0.464 e. The fourth-order valence-corrected chi connectivity index (χ4v) is 1.78. The second-order valence-electron chi connectivity index (χ2n) is 3.91. The fraction of sp³-hybridized carbons (Fsp3) is 0.727. The standard InChI is InChI=1S/C11H17NO5/c1-4-16-11(15)7(2)12-6-9(5-10(12)14)17-8(3)13/h7,9H,4-6H2,1-3H3/t7?,9-/m1/s1. The molecule has 17 heavy (non-hydrogen) atoms. The van der Waals surface area contributed by atoms with Gasteiger partial charge in [0, 0.05) is 6.92 Å². The van der Waals surface area contributed by atoms with E-state index in [0.717, 1.165) is 0 Å². The largest absolute Gasteiger partial charge is 0.464 e. The zero-order valence-electron chi connectivity index (χ0n) is 10.3. The highest BCUT2D eigenvalue weighted by molar-refractivity contribution is 5.86.